The molecular weight excluding hydrogens is 263 g/mol. The van der Waals surface area contributed by atoms with Crippen LogP contribution in [0.5, 0.6) is 0 Å². The Hall–Kier alpha value is -2.11. The van der Waals surface area contributed by atoms with Crippen LogP contribution in [0.3, 0.4) is 0 Å². The number of hydrogen-bond acceptors (Lipinski definition) is 3. The summed E-state index contributed by atoms with van der Waals surface area (Å²) in [5, 5.41) is 2.55. The quantitative estimate of drug-likeness (QED) is 0.816. The molecule has 1 aromatic rings. The molecule has 0 atom stereocenters. The van der Waals surface area contributed by atoms with Gasteiger partial charge in [0.05, 0.1) is 6.61 Å². The Labute approximate surface area is 117 Å². The molecule has 6 heteroatoms. The minimum atomic E-state index is -0.463. The maximum atomic E-state index is 13.0. The van der Waals surface area contributed by atoms with E-state index in [9.17, 15) is 14.0 Å². The zero-order chi connectivity index (χ0) is 15.0. The minimum Gasteiger partial charge on any atom is -0.465 e. The second-order valence-electron chi connectivity index (χ2n) is 4.17. The Kier molecular flexibility index (Phi) is 6.49. The molecule has 110 valence electrons. The fourth-order valence-corrected chi connectivity index (χ4v) is 1.65. The van der Waals surface area contributed by atoms with Gasteiger partial charge in [-0.2, -0.15) is 0 Å². The van der Waals surface area contributed by atoms with Crippen molar-refractivity contribution in [2.45, 2.75) is 20.3 Å². The first kappa shape index (κ1) is 15.9. The topological polar surface area (TPSA) is 58.6 Å². The number of ether oxygens (including phenoxy) is 1. The molecule has 0 unspecified atom stereocenters. The molecule has 20 heavy (non-hydrogen) atoms. The lowest BCUT2D eigenvalue weighted by atomic mass is 10.3. The van der Waals surface area contributed by atoms with Crippen LogP contribution in [-0.2, 0) is 9.53 Å². The lowest BCUT2D eigenvalue weighted by Gasteiger charge is -2.21. The van der Waals surface area contributed by atoms with Gasteiger partial charge < -0.3 is 15.0 Å². The summed E-state index contributed by atoms with van der Waals surface area (Å²) in [5.74, 6) is -0.898. The highest BCUT2D eigenvalue weighted by Crippen LogP contribution is 2.10. The molecule has 0 radical (unpaired) electrons. The summed E-state index contributed by atoms with van der Waals surface area (Å²) >= 11 is 0. The zero-order valence-electron chi connectivity index (χ0n) is 11.7. The van der Waals surface area contributed by atoms with Gasteiger partial charge in [0.2, 0.25) is 0 Å². The van der Waals surface area contributed by atoms with Crippen LogP contribution in [0.4, 0.5) is 14.9 Å². The Morgan fingerprint density at radius 1 is 1.35 bits per heavy atom. The minimum absolute atomic E-state index is 0.122. The van der Waals surface area contributed by atoms with Crippen LogP contribution in [0.2, 0.25) is 0 Å². The van der Waals surface area contributed by atoms with Gasteiger partial charge in [-0.15, -0.1) is 0 Å². The van der Waals surface area contributed by atoms with Crippen LogP contribution in [0, 0.1) is 5.82 Å². The van der Waals surface area contributed by atoms with Crippen LogP contribution in [0.1, 0.15) is 20.3 Å². The van der Waals surface area contributed by atoms with Crippen molar-refractivity contribution < 1.29 is 18.7 Å². The maximum Gasteiger partial charge on any atom is 0.325 e. The van der Waals surface area contributed by atoms with Crippen molar-refractivity contribution >= 4 is 17.7 Å². The van der Waals surface area contributed by atoms with Crippen molar-refractivity contribution in [3.05, 3.63) is 30.1 Å². The summed E-state index contributed by atoms with van der Waals surface area (Å²) in [4.78, 5) is 24.8. The molecule has 0 fully saturated rings. The molecule has 1 aromatic carbocycles. The number of benzene rings is 1. The third kappa shape index (κ3) is 5.26. The van der Waals surface area contributed by atoms with Gasteiger partial charge in [-0.1, -0.05) is 13.0 Å². The number of nitrogens with zero attached hydrogens (tertiary/aromatic N) is 1. The Balaban J connectivity index is 2.66. The summed E-state index contributed by atoms with van der Waals surface area (Å²) in [6, 6.07) is 5.13. The summed E-state index contributed by atoms with van der Waals surface area (Å²) in [6.45, 7) is 4.16. The largest absolute Gasteiger partial charge is 0.465 e. The summed E-state index contributed by atoms with van der Waals surface area (Å²) in [5.41, 5.74) is 0.347. The van der Waals surface area contributed by atoms with Crippen LogP contribution in [0.25, 0.3) is 0 Å². The number of carbonyl (C=O) groups is 2. The van der Waals surface area contributed by atoms with E-state index >= 15 is 0 Å². The van der Waals surface area contributed by atoms with Crippen molar-refractivity contribution in [1.29, 1.82) is 0 Å². The predicted octanol–water partition coefficient (Wildman–Crippen LogP) is 2.63. The molecule has 1 N–H and O–H groups in total. The molecule has 2 amide bonds. The van der Waals surface area contributed by atoms with E-state index in [4.69, 9.17) is 4.74 Å². The van der Waals surface area contributed by atoms with E-state index in [-0.39, 0.29) is 13.2 Å². The first-order chi connectivity index (χ1) is 9.56. The first-order valence-corrected chi connectivity index (χ1v) is 6.54. The number of carbonyl (C=O) groups excluding carboxylic acids is 2. The van der Waals surface area contributed by atoms with Gasteiger partial charge in [-0.3, -0.25) is 4.79 Å². The van der Waals surface area contributed by atoms with Crippen LogP contribution < -0.4 is 5.32 Å². The number of halogens is 1. The van der Waals surface area contributed by atoms with Crippen molar-refractivity contribution in [2.24, 2.45) is 0 Å². The van der Waals surface area contributed by atoms with Gasteiger partial charge in [0.25, 0.3) is 0 Å². The molecule has 1 rings (SSSR count). The number of nitrogens with one attached hydrogen (secondary N) is 1. The van der Waals surface area contributed by atoms with Crippen LogP contribution >= 0.6 is 0 Å². The molecule has 0 aliphatic rings. The highest BCUT2D eigenvalue weighted by molar-refractivity contribution is 5.91. The van der Waals surface area contributed by atoms with Gasteiger partial charge in [0.1, 0.15) is 12.4 Å². The number of anilines is 1. The Morgan fingerprint density at radius 3 is 2.70 bits per heavy atom. The Bertz CT molecular complexity index is 465. The molecule has 0 saturated heterocycles. The van der Waals surface area contributed by atoms with Crippen LogP contribution in [-0.4, -0.2) is 36.6 Å². The monoisotopic (exact) mass is 282 g/mol. The number of esters is 1. The van der Waals surface area contributed by atoms with E-state index in [0.29, 0.717) is 18.7 Å². The number of urea groups is 1. The van der Waals surface area contributed by atoms with Crippen LogP contribution in [0.15, 0.2) is 24.3 Å². The zero-order valence-corrected chi connectivity index (χ0v) is 11.7. The summed E-state index contributed by atoms with van der Waals surface area (Å²) in [7, 11) is 0. The molecule has 0 heterocycles. The van der Waals surface area contributed by atoms with E-state index in [1.807, 2.05) is 6.92 Å². The smallest absolute Gasteiger partial charge is 0.325 e. The first-order valence-electron chi connectivity index (χ1n) is 6.54. The number of rotatable bonds is 6. The van der Waals surface area contributed by atoms with Crippen molar-refractivity contribution in [2.75, 3.05) is 25.0 Å². The SMILES string of the molecule is CCCN(CC(=O)OCC)C(=O)Nc1cccc(F)c1. The average Bonchev–Trinajstić information content (AvgIpc) is 2.38. The second-order valence-corrected chi connectivity index (χ2v) is 4.17. The molecule has 0 saturated carbocycles. The lowest BCUT2D eigenvalue weighted by Crippen LogP contribution is -2.39. The number of hydrogen-bond donors (Lipinski definition) is 1. The third-order valence-electron chi connectivity index (χ3n) is 2.48. The summed E-state index contributed by atoms with van der Waals surface area (Å²) < 4.78 is 17.9. The van der Waals surface area contributed by atoms with E-state index in [1.165, 1.54) is 23.1 Å². The fraction of sp³-hybridized carbons (Fsp3) is 0.429. The summed E-state index contributed by atoms with van der Waals surface area (Å²) in [6.07, 6.45) is 0.704. The van der Waals surface area contributed by atoms with Gasteiger partial charge in [0.15, 0.2) is 0 Å². The molecule has 0 spiro atoms. The average molecular weight is 282 g/mol. The lowest BCUT2D eigenvalue weighted by molar-refractivity contribution is -0.143. The van der Waals surface area contributed by atoms with Crippen molar-refractivity contribution in [1.82, 2.24) is 4.90 Å². The Morgan fingerprint density at radius 2 is 2.10 bits per heavy atom. The molecule has 0 aliphatic carbocycles. The van der Waals surface area contributed by atoms with Crippen molar-refractivity contribution in [3.63, 3.8) is 0 Å². The van der Waals surface area contributed by atoms with E-state index in [0.717, 1.165) is 0 Å². The molecule has 0 aromatic heterocycles. The molecule has 0 bridgehead atoms. The van der Waals surface area contributed by atoms with Gasteiger partial charge in [-0.25, -0.2) is 9.18 Å². The van der Waals surface area contributed by atoms with Gasteiger partial charge >= 0.3 is 12.0 Å². The molecular formula is C14H19FN2O3. The highest BCUT2D eigenvalue weighted by atomic mass is 19.1. The normalized spacial score (nSPS) is 9.95. The highest BCUT2D eigenvalue weighted by Gasteiger charge is 2.17. The van der Waals surface area contributed by atoms with Gasteiger partial charge in [-0.05, 0) is 31.5 Å². The van der Waals surface area contributed by atoms with Gasteiger partial charge in [0, 0.05) is 12.2 Å². The van der Waals surface area contributed by atoms with E-state index in [1.54, 1.807) is 13.0 Å². The molecule has 5 nitrogen and oxygen atoms in total. The predicted molar refractivity (Wildman–Crippen MR) is 73.9 cm³/mol. The second kappa shape index (κ2) is 8.14. The van der Waals surface area contributed by atoms with E-state index in [2.05, 4.69) is 5.32 Å². The maximum absolute atomic E-state index is 13.0. The molecule has 0 aliphatic heterocycles. The number of amides is 2. The fourth-order valence-electron chi connectivity index (χ4n) is 1.65. The van der Waals surface area contributed by atoms with Crippen molar-refractivity contribution in [3.8, 4) is 0 Å². The van der Waals surface area contributed by atoms with E-state index < -0.39 is 17.8 Å². The standard InChI is InChI=1S/C14H19FN2O3/c1-3-8-17(10-13(18)20-4-2)14(19)16-12-7-5-6-11(15)9-12/h5-7,9H,3-4,8,10H2,1-2H3,(H,16,19). The third-order valence-corrected chi connectivity index (χ3v) is 2.48.